The Morgan fingerprint density at radius 2 is 1.95 bits per heavy atom. The summed E-state index contributed by atoms with van der Waals surface area (Å²) in [7, 11) is 0. The summed E-state index contributed by atoms with van der Waals surface area (Å²) in [5.41, 5.74) is 1.32. The number of hydrogen-bond donors (Lipinski definition) is 3. The average molecular weight is 318 g/mol. The maximum Gasteiger partial charge on any atom is 0.263 e. The first-order valence-electron chi connectivity index (χ1n) is 7.00. The highest BCUT2D eigenvalue weighted by Crippen LogP contribution is 2.26. The number of hydrogen-bond acceptors (Lipinski definition) is 4. The van der Waals surface area contributed by atoms with E-state index >= 15 is 0 Å². The second-order valence-corrected chi connectivity index (χ2v) is 5.90. The minimum Gasteiger partial charge on any atom is -0.349 e. The molecule has 0 fully saturated rings. The zero-order chi connectivity index (χ0) is 15.7. The van der Waals surface area contributed by atoms with Gasteiger partial charge in [-0.15, -0.1) is 0 Å². The third-order valence-corrected chi connectivity index (χ3v) is 3.76. The van der Waals surface area contributed by atoms with Crippen LogP contribution < -0.4 is 10.9 Å². The van der Waals surface area contributed by atoms with Gasteiger partial charge >= 0.3 is 0 Å². The number of rotatable bonds is 4. The molecule has 1 aromatic carbocycles. The van der Waals surface area contributed by atoms with Crippen LogP contribution in [0.1, 0.15) is 25.5 Å². The van der Waals surface area contributed by atoms with Crippen molar-refractivity contribution in [3.05, 3.63) is 51.4 Å². The third kappa shape index (κ3) is 2.82. The molecule has 3 rings (SSSR count). The topological polar surface area (TPSA) is 86.5 Å². The zero-order valence-electron chi connectivity index (χ0n) is 12.2. The van der Waals surface area contributed by atoms with Gasteiger partial charge in [-0.2, -0.15) is 10.1 Å². The molecule has 3 N–H and O–H groups in total. The Morgan fingerprint density at radius 1 is 1.23 bits per heavy atom. The van der Waals surface area contributed by atoms with E-state index in [-0.39, 0.29) is 11.6 Å². The van der Waals surface area contributed by atoms with Gasteiger partial charge in [0.15, 0.2) is 5.65 Å². The van der Waals surface area contributed by atoms with Crippen LogP contribution in [0.5, 0.6) is 0 Å². The van der Waals surface area contributed by atoms with Crippen molar-refractivity contribution in [2.75, 3.05) is 5.32 Å². The van der Waals surface area contributed by atoms with Crippen LogP contribution in [0.3, 0.4) is 0 Å². The zero-order valence-corrected chi connectivity index (χ0v) is 13.0. The molecule has 0 spiro atoms. The van der Waals surface area contributed by atoms with E-state index in [1.54, 1.807) is 0 Å². The van der Waals surface area contributed by atoms with Crippen LogP contribution in [0.25, 0.3) is 11.0 Å². The number of halogens is 1. The summed E-state index contributed by atoms with van der Waals surface area (Å²) in [5.74, 6) is 0.708. The van der Waals surface area contributed by atoms with Crippen LogP contribution in [0.15, 0.2) is 35.3 Å². The Labute approximate surface area is 131 Å². The fraction of sp³-hybridized carbons (Fsp3) is 0.267. The molecule has 0 aliphatic heterocycles. The fourth-order valence-corrected chi connectivity index (χ4v) is 2.49. The minimum absolute atomic E-state index is 0.000730. The van der Waals surface area contributed by atoms with Gasteiger partial charge in [0.2, 0.25) is 5.95 Å². The quantitative estimate of drug-likeness (QED) is 0.690. The van der Waals surface area contributed by atoms with Crippen LogP contribution in [-0.4, -0.2) is 20.2 Å². The summed E-state index contributed by atoms with van der Waals surface area (Å²) in [5, 5.41) is 11.0. The second kappa shape index (κ2) is 5.81. The van der Waals surface area contributed by atoms with Gasteiger partial charge in [-0.1, -0.05) is 37.6 Å². The number of fused-ring (bicyclic) bond motifs is 1. The molecule has 2 aromatic heterocycles. The average Bonchev–Trinajstić information content (AvgIpc) is 2.94. The van der Waals surface area contributed by atoms with Crippen molar-refractivity contribution in [1.29, 1.82) is 0 Å². The fourth-order valence-electron chi connectivity index (χ4n) is 2.37. The number of nitrogens with zero attached hydrogens (tertiary/aromatic N) is 2. The van der Waals surface area contributed by atoms with Crippen molar-refractivity contribution in [1.82, 2.24) is 20.2 Å². The number of anilines is 1. The lowest BCUT2D eigenvalue weighted by atomic mass is 9.96. The normalized spacial score (nSPS) is 12.7. The molecule has 1 unspecified atom stereocenters. The molecule has 22 heavy (non-hydrogen) atoms. The van der Waals surface area contributed by atoms with Crippen molar-refractivity contribution >= 4 is 28.6 Å². The van der Waals surface area contributed by atoms with Crippen LogP contribution in [0, 0.1) is 5.92 Å². The summed E-state index contributed by atoms with van der Waals surface area (Å²) in [6, 6.07) is 7.63. The first-order valence-corrected chi connectivity index (χ1v) is 7.38. The highest BCUT2D eigenvalue weighted by Gasteiger charge is 2.17. The highest BCUT2D eigenvalue weighted by atomic mass is 35.5. The van der Waals surface area contributed by atoms with Gasteiger partial charge < -0.3 is 5.32 Å². The number of aromatic amines is 2. The number of aromatic nitrogens is 4. The van der Waals surface area contributed by atoms with E-state index in [4.69, 9.17) is 11.6 Å². The molecule has 0 aliphatic rings. The maximum atomic E-state index is 12.0. The predicted molar refractivity (Wildman–Crippen MR) is 87.2 cm³/mol. The van der Waals surface area contributed by atoms with Gasteiger partial charge in [0.1, 0.15) is 5.39 Å². The molecule has 0 amide bonds. The first-order chi connectivity index (χ1) is 10.5. The van der Waals surface area contributed by atoms with Crippen molar-refractivity contribution < 1.29 is 0 Å². The van der Waals surface area contributed by atoms with Crippen molar-refractivity contribution in [3.8, 4) is 0 Å². The van der Waals surface area contributed by atoms with Gasteiger partial charge in [-0.05, 0) is 23.6 Å². The molecule has 2 heterocycles. The predicted octanol–water partition coefficient (Wildman–Crippen LogP) is 3.11. The molecule has 3 aromatic rings. The Hall–Kier alpha value is -2.34. The van der Waals surface area contributed by atoms with Gasteiger partial charge in [-0.3, -0.25) is 14.9 Å². The minimum atomic E-state index is -0.222. The molecular weight excluding hydrogens is 302 g/mol. The molecule has 6 nitrogen and oxygen atoms in total. The Bertz CT molecular complexity index is 837. The van der Waals surface area contributed by atoms with E-state index < -0.39 is 0 Å². The van der Waals surface area contributed by atoms with Gasteiger partial charge in [-0.25, -0.2) is 0 Å². The molecule has 0 saturated carbocycles. The SMILES string of the molecule is CC(C)C(Nc1nc2[nH]ncc2c(=O)[nH]1)c1ccc(Cl)cc1. The number of nitrogens with one attached hydrogen (secondary N) is 3. The van der Waals surface area contributed by atoms with E-state index in [1.165, 1.54) is 6.20 Å². The molecule has 0 bridgehead atoms. The number of benzene rings is 1. The standard InChI is InChI=1S/C15H16ClN5O/c1-8(2)12(9-3-5-10(16)6-4-9)18-15-19-13-11(7-17-21-13)14(22)20-15/h3-8,12H,1-2H3,(H3,17,18,19,20,21,22). The summed E-state index contributed by atoms with van der Waals surface area (Å²) in [6.45, 7) is 4.19. The van der Waals surface area contributed by atoms with Gasteiger partial charge in [0, 0.05) is 5.02 Å². The molecule has 114 valence electrons. The third-order valence-electron chi connectivity index (χ3n) is 3.51. The van der Waals surface area contributed by atoms with Crippen LogP contribution >= 0.6 is 11.6 Å². The van der Waals surface area contributed by atoms with Crippen molar-refractivity contribution in [2.45, 2.75) is 19.9 Å². The summed E-state index contributed by atoms with van der Waals surface area (Å²) < 4.78 is 0. The summed E-state index contributed by atoms with van der Waals surface area (Å²) >= 11 is 5.94. The molecule has 7 heteroatoms. The summed E-state index contributed by atoms with van der Waals surface area (Å²) in [4.78, 5) is 19.1. The lowest BCUT2D eigenvalue weighted by Gasteiger charge is -2.23. The van der Waals surface area contributed by atoms with Gasteiger partial charge in [0.05, 0.1) is 12.2 Å². The molecule has 1 atom stereocenters. The Balaban J connectivity index is 1.95. The Morgan fingerprint density at radius 3 is 2.64 bits per heavy atom. The monoisotopic (exact) mass is 317 g/mol. The van der Waals surface area contributed by atoms with Crippen molar-refractivity contribution in [3.63, 3.8) is 0 Å². The van der Waals surface area contributed by atoms with Crippen LogP contribution in [0.2, 0.25) is 5.02 Å². The molecule has 0 aliphatic carbocycles. The van der Waals surface area contributed by atoms with Crippen LogP contribution in [-0.2, 0) is 0 Å². The van der Waals surface area contributed by atoms with E-state index in [1.807, 2.05) is 24.3 Å². The molecule has 0 saturated heterocycles. The van der Waals surface area contributed by atoms with Crippen molar-refractivity contribution in [2.24, 2.45) is 5.92 Å². The Kier molecular flexibility index (Phi) is 3.85. The van der Waals surface area contributed by atoms with Crippen LogP contribution in [0.4, 0.5) is 5.95 Å². The second-order valence-electron chi connectivity index (χ2n) is 5.46. The first kappa shape index (κ1) is 14.6. The summed E-state index contributed by atoms with van der Waals surface area (Å²) in [6.07, 6.45) is 1.46. The highest BCUT2D eigenvalue weighted by molar-refractivity contribution is 6.30. The largest absolute Gasteiger partial charge is 0.349 e. The van der Waals surface area contributed by atoms with E-state index in [2.05, 4.69) is 39.3 Å². The number of H-pyrrole nitrogens is 2. The van der Waals surface area contributed by atoms with Gasteiger partial charge in [0.25, 0.3) is 5.56 Å². The maximum absolute atomic E-state index is 12.0. The van der Waals surface area contributed by atoms with E-state index in [9.17, 15) is 4.79 Å². The van der Waals surface area contributed by atoms with E-state index in [0.717, 1.165) is 5.56 Å². The molecule has 0 radical (unpaired) electrons. The smallest absolute Gasteiger partial charge is 0.263 e. The lowest BCUT2D eigenvalue weighted by molar-refractivity contribution is 0.543. The lowest BCUT2D eigenvalue weighted by Crippen LogP contribution is -2.20. The molecular formula is C15H16ClN5O. The van der Waals surface area contributed by atoms with E-state index in [0.29, 0.717) is 27.9 Å².